The molecule has 1 amide bonds. The molecule has 0 aromatic carbocycles. The second kappa shape index (κ2) is 3.25. The summed E-state index contributed by atoms with van der Waals surface area (Å²) in [6, 6.07) is 0. The van der Waals surface area contributed by atoms with Crippen molar-refractivity contribution >= 4 is 6.09 Å². The highest BCUT2D eigenvalue weighted by atomic mass is 16.4. The Balaban J connectivity index is 1.83. The largest absolute Gasteiger partial charge is 0.465 e. The Morgan fingerprint density at radius 1 is 1.12 bits per heavy atom. The molecule has 0 radical (unpaired) electrons. The summed E-state index contributed by atoms with van der Waals surface area (Å²) in [6.07, 6.45) is 6.66. The predicted molar refractivity (Wildman–Crippen MR) is 60.9 cm³/mol. The zero-order valence-electron chi connectivity index (χ0n) is 9.54. The van der Waals surface area contributed by atoms with Gasteiger partial charge < -0.3 is 5.11 Å². The van der Waals surface area contributed by atoms with Gasteiger partial charge in [-0.15, -0.1) is 0 Å². The normalized spacial score (nSPS) is 44.4. The number of hydrogen-bond acceptors (Lipinski definition) is 1. The zero-order valence-corrected chi connectivity index (χ0v) is 9.54. The van der Waals surface area contributed by atoms with E-state index in [1.807, 2.05) is 0 Å². The maximum atomic E-state index is 10.7. The summed E-state index contributed by atoms with van der Waals surface area (Å²) in [6.45, 7) is 3.99. The molecular formula is C13H19NO2. The smallest absolute Gasteiger partial charge is 0.408 e. The van der Waals surface area contributed by atoms with Crippen molar-refractivity contribution in [2.24, 2.45) is 23.2 Å². The Kier molecular flexibility index (Phi) is 2.07. The van der Waals surface area contributed by atoms with E-state index < -0.39 is 6.09 Å². The number of carboxylic acid groups (broad SMARTS) is 1. The minimum atomic E-state index is -0.958. The van der Waals surface area contributed by atoms with Crippen LogP contribution in [0.4, 0.5) is 4.79 Å². The third-order valence-electron chi connectivity index (χ3n) is 4.94. The van der Waals surface area contributed by atoms with Crippen LogP contribution in [0.3, 0.4) is 0 Å². The SMILES string of the molecule is C=C(NC(=O)O)C12CC3CC(CC(C3)C1)C2. The van der Waals surface area contributed by atoms with E-state index >= 15 is 0 Å². The van der Waals surface area contributed by atoms with Crippen molar-refractivity contribution in [1.29, 1.82) is 0 Å². The first-order valence-corrected chi connectivity index (χ1v) is 6.27. The fourth-order valence-electron chi connectivity index (χ4n) is 4.74. The van der Waals surface area contributed by atoms with Gasteiger partial charge in [0.2, 0.25) is 0 Å². The van der Waals surface area contributed by atoms with Crippen molar-refractivity contribution in [1.82, 2.24) is 5.32 Å². The first-order chi connectivity index (χ1) is 7.57. The standard InChI is InChI=1S/C13H19NO2/c1-8(14-12(15)16)13-5-9-2-10(6-13)4-11(3-9)7-13/h9-11,14H,1-7H2,(H,15,16). The lowest BCUT2D eigenvalue weighted by molar-refractivity contribution is -0.0332. The summed E-state index contributed by atoms with van der Waals surface area (Å²) in [5, 5.41) is 11.3. The van der Waals surface area contributed by atoms with Gasteiger partial charge >= 0.3 is 6.09 Å². The molecule has 2 N–H and O–H groups in total. The van der Waals surface area contributed by atoms with Gasteiger partial charge in [-0.2, -0.15) is 0 Å². The van der Waals surface area contributed by atoms with E-state index in [4.69, 9.17) is 5.11 Å². The van der Waals surface area contributed by atoms with Crippen LogP contribution in [0, 0.1) is 23.2 Å². The molecule has 4 fully saturated rings. The summed E-state index contributed by atoms with van der Waals surface area (Å²) < 4.78 is 0. The molecule has 3 heteroatoms. The van der Waals surface area contributed by atoms with E-state index in [1.165, 1.54) is 38.5 Å². The number of nitrogens with one attached hydrogen (secondary N) is 1. The molecule has 0 unspecified atom stereocenters. The minimum absolute atomic E-state index is 0.104. The van der Waals surface area contributed by atoms with Crippen molar-refractivity contribution in [3.63, 3.8) is 0 Å². The lowest BCUT2D eigenvalue weighted by atomic mass is 9.49. The van der Waals surface area contributed by atoms with Crippen molar-refractivity contribution in [3.8, 4) is 0 Å². The number of amides is 1. The molecule has 4 aliphatic carbocycles. The van der Waals surface area contributed by atoms with E-state index in [1.54, 1.807) is 0 Å². The maximum Gasteiger partial charge on any atom is 0.408 e. The minimum Gasteiger partial charge on any atom is -0.465 e. The van der Waals surface area contributed by atoms with Crippen molar-refractivity contribution in [2.45, 2.75) is 38.5 Å². The molecule has 0 aromatic heterocycles. The van der Waals surface area contributed by atoms with Crippen molar-refractivity contribution in [2.75, 3.05) is 0 Å². The van der Waals surface area contributed by atoms with Gasteiger partial charge in [0.05, 0.1) is 0 Å². The molecule has 4 bridgehead atoms. The van der Waals surface area contributed by atoms with Gasteiger partial charge in [0.25, 0.3) is 0 Å². The Morgan fingerprint density at radius 3 is 1.94 bits per heavy atom. The second-order valence-electron chi connectivity index (χ2n) is 6.11. The highest BCUT2D eigenvalue weighted by Gasteiger charge is 2.52. The Labute approximate surface area is 95.9 Å². The van der Waals surface area contributed by atoms with E-state index in [0.717, 1.165) is 23.5 Å². The van der Waals surface area contributed by atoms with Gasteiger partial charge in [-0.1, -0.05) is 6.58 Å². The fraction of sp³-hybridized carbons (Fsp3) is 0.769. The van der Waals surface area contributed by atoms with Crippen LogP contribution in [0.25, 0.3) is 0 Å². The lowest BCUT2D eigenvalue weighted by Crippen LogP contribution is -2.49. The van der Waals surface area contributed by atoms with Crippen LogP contribution in [0.2, 0.25) is 0 Å². The van der Waals surface area contributed by atoms with E-state index in [9.17, 15) is 4.79 Å². The van der Waals surface area contributed by atoms with Crippen molar-refractivity contribution in [3.05, 3.63) is 12.3 Å². The summed E-state index contributed by atoms with van der Waals surface area (Å²) in [5.41, 5.74) is 0.867. The first-order valence-electron chi connectivity index (χ1n) is 6.27. The number of rotatable bonds is 2. The van der Waals surface area contributed by atoms with Crippen LogP contribution in [0.15, 0.2) is 12.3 Å². The van der Waals surface area contributed by atoms with Gasteiger partial charge in [-0.25, -0.2) is 4.79 Å². The molecule has 88 valence electrons. The summed E-state index contributed by atoms with van der Waals surface area (Å²) in [5.74, 6) is 2.50. The van der Waals surface area contributed by atoms with Crippen LogP contribution in [0.1, 0.15) is 38.5 Å². The highest BCUT2D eigenvalue weighted by Crippen LogP contribution is 2.61. The van der Waals surface area contributed by atoms with Crippen LogP contribution < -0.4 is 5.32 Å². The molecule has 0 atom stereocenters. The Bertz CT molecular complexity index is 313. The highest BCUT2D eigenvalue weighted by molar-refractivity contribution is 5.67. The molecule has 4 saturated carbocycles. The zero-order chi connectivity index (χ0) is 11.3. The molecule has 0 heterocycles. The van der Waals surface area contributed by atoms with E-state index in [-0.39, 0.29) is 5.41 Å². The van der Waals surface area contributed by atoms with Gasteiger partial charge in [0, 0.05) is 11.1 Å². The van der Waals surface area contributed by atoms with Crippen LogP contribution >= 0.6 is 0 Å². The second-order valence-corrected chi connectivity index (χ2v) is 6.11. The average molecular weight is 221 g/mol. The topological polar surface area (TPSA) is 49.3 Å². The van der Waals surface area contributed by atoms with Crippen LogP contribution in [0.5, 0.6) is 0 Å². The quantitative estimate of drug-likeness (QED) is 0.753. The Hall–Kier alpha value is -0.990. The predicted octanol–water partition coefficient (Wildman–Crippen LogP) is 2.98. The molecule has 0 aromatic rings. The molecule has 3 nitrogen and oxygen atoms in total. The fourth-order valence-corrected chi connectivity index (χ4v) is 4.74. The van der Waals surface area contributed by atoms with Gasteiger partial charge in [-0.3, -0.25) is 5.32 Å². The average Bonchev–Trinajstić information content (AvgIpc) is 2.13. The molecule has 0 aliphatic heterocycles. The maximum absolute atomic E-state index is 10.7. The molecule has 0 saturated heterocycles. The number of carbonyl (C=O) groups is 1. The molecule has 0 spiro atoms. The molecule has 16 heavy (non-hydrogen) atoms. The third-order valence-corrected chi connectivity index (χ3v) is 4.94. The van der Waals surface area contributed by atoms with Gasteiger partial charge in [0.1, 0.15) is 0 Å². The number of allylic oxidation sites excluding steroid dienone is 1. The van der Waals surface area contributed by atoms with Gasteiger partial charge in [0.15, 0.2) is 0 Å². The van der Waals surface area contributed by atoms with E-state index in [2.05, 4.69) is 11.9 Å². The summed E-state index contributed by atoms with van der Waals surface area (Å²) in [7, 11) is 0. The number of hydrogen-bond donors (Lipinski definition) is 2. The Morgan fingerprint density at radius 2 is 1.56 bits per heavy atom. The lowest BCUT2D eigenvalue weighted by Gasteiger charge is -2.57. The van der Waals surface area contributed by atoms with Crippen molar-refractivity contribution < 1.29 is 9.90 Å². The van der Waals surface area contributed by atoms with Crippen LogP contribution in [-0.2, 0) is 0 Å². The molecular weight excluding hydrogens is 202 g/mol. The van der Waals surface area contributed by atoms with E-state index in [0.29, 0.717) is 0 Å². The van der Waals surface area contributed by atoms with Gasteiger partial charge in [-0.05, 0) is 56.3 Å². The third kappa shape index (κ3) is 1.45. The first kappa shape index (κ1) is 10.2. The monoisotopic (exact) mass is 221 g/mol. The molecule has 4 rings (SSSR count). The van der Waals surface area contributed by atoms with Crippen LogP contribution in [-0.4, -0.2) is 11.2 Å². The summed E-state index contributed by atoms with van der Waals surface area (Å²) in [4.78, 5) is 10.7. The summed E-state index contributed by atoms with van der Waals surface area (Å²) >= 11 is 0. The molecule has 4 aliphatic rings.